The molecule has 0 spiro atoms. The van der Waals surface area contributed by atoms with Crippen LogP contribution in [0.3, 0.4) is 0 Å². The SMILES string of the molecule is COc1cccc(CCNC(=O)c2csc(NC(=O)c3ccccc3)n2)c1. The first-order chi connectivity index (χ1) is 13.2. The van der Waals surface area contributed by atoms with Gasteiger partial charge in [-0.2, -0.15) is 0 Å². The molecule has 3 aromatic rings. The van der Waals surface area contributed by atoms with Crippen molar-refractivity contribution in [1.82, 2.24) is 10.3 Å². The Bertz CT molecular complexity index is 925. The zero-order chi connectivity index (χ0) is 19.1. The normalized spacial score (nSPS) is 10.3. The van der Waals surface area contributed by atoms with Crippen molar-refractivity contribution in [2.75, 3.05) is 19.0 Å². The van der Waals surface area contributed by atoms with E-state index >= 15 is 0 Å². The number of nitrogens with one attached hydrogen (secondary N) is 2. The summed E-state index contributed by atoms with van der Waals surface area (Å²) in [7, 11) is 1.62. The van der Waals surface area contributed by atoms with E-state index in [2.05, 4.69) is 15.6 Å². The second-order valence-corrected chi connectivity index (χ2v) is 6.57. The summed E-state index contributed by atoms with van der Waals surface area (Å²) in [5, 5.41) is 7.55. The maximum Gasteiger partial charge on any atom is 0.270 e. The van der Waals surface area contributed by atoms with Crippen molar-refractivity contribution in [2.45, 2.75) is 6.42 Å². The third-order valence-corrected chi connectivity index (χ3v) is 4.58. The fourth-order valence-corrected chi connectivity index (χ4v) is 3.12. The lowest BCUT2D eigenvalue weighted by Crippen LogP contribution is -2.26. The molecule has 2 aromatic carbocycles. The molecule has 2 N–H and O–H groups in total. The Balaban J connectivity index is 1.51. The van der Waals surface area contributed by atoms with Crippen molar-refractivity contribution in [3.63, 3.8) is 0 Å². The Morgan fingerprint density at radius 3 is 2.67 bits per heavy atom. The number of ether oxygens (including phenoxy) is 1. The molecule has 0 saturated heterocycles. The quantitative estimate of drug-likeness (QED) is 0.657. The fourth-order valence-electron chi connectivity index (χ4n) is 2.43. The molecule has 3 rings (SSSR count). The Morgan fingerprint density at radius 2 is 1.89 bits per heavy atom. The predicted molar refractivity (Wildman–Crippen MR) is 106 cm³/mol. The average Bonchev–Trinajstić information content (AvgIpc) is 3.17. The highest BCUT2D eigenvalue weighted by atomic mass is 32.1. The van der Waals surface area contributed by atoms with Gasteiger partial charge in [-0.1, -0.05) is 30.3 Å². The smallest absolute Gasteiger partial charge is 0.270 e. The first-order valence-electron chi connectivity index (χ1n) is 8.39. The van der Waals surface area contributed by atoms with Gasteiger partial charge in [0.2, 0.25) is 0 Å². The first kappa shape index (κ1) is 18.6. The van der Waals surface area contributed by atoms with Crippen molar-refractivity contribution >= 4 is 28.3 Å². The van der Waals surface area contributed by atoms with Crippen LogP contribution >= 0.6 is 11.3 Å². The van der Waals surface area contributed by atoms with Crippen molar-refractivity contribution in [3.05, 3.63) is 76.8 Å². The Hall–Kier alpha value is -3.19. The molecule has 6 nitrogen and oxygen atoms in total. The molecule has 0 unspecified atom stereocenters. The lowest BCUT2D eigenvalue weighted by Gasteiger charge is -2.05. The van der Waals surface area contributed by atoms with Gasteiger partial charge in [0.15, 0.2) is 5.13 Å². The number of benzene rings is 2. The van der Waals surface area contributed by atoms with Gasteiger partial charge in [0, 0.05) is 17.5 Å². The fraction of sp³-hybridized carbons (Fsp3) is 0.150. The molecule has 0 aliphatic heterocycles. The third-order valence-electron chi connectivity index (χ3n) is 3.83. The number of anilines is 1. The monoisotopic (exact) mass is 381 g/mol. The number of carbonyl (C=O) groups is 2. The standard InChI is InChI=1S/C20H19N3O3S/c1-26-16-9-5-6-14(12-16)10-11-21-19(25)17-13-27-20(22-17)23-18(24)15-7-3-2-4-8-15/h2-9,12-13H,10-11H2,1H3,(H,21,25)(H,22,23,24). The Kier molecular flexibility index (Phi) is 6.17. The van der Waals surface area contributed by atoms with E-state index in [1.54, 1.807) is 36.8 Å². The maximum absolute atomic E-state index is 12.2. The van der Waals surface area contributed by atoms with Crippen LogP contribution in [0.2, 0.25) is 0 Å². The van der Waals surface area contributed by atoms with Gasteiger partial charge in [0.05, 0.1) is 7.11 Å². The van der Waals surface area contributed by atoms with Crippen molar-refractivity contribution in [3.8, 4) is 5.75 Å². The molecule has 0 atom stereocenters. The van der Waals surface area contributed by atoms with Gasteiger partial charge < -0.3 is 10.1 Å². The minimum absolute atomic E-state index is 0.255. The van der Waals surface area contributed by atoms with Crippen LogP contribution in [-0.2, 0) is 6.42 Å². The highest BCUT2D eigenvalue weighted by Crippen LogP contribution is 2.17. The largest absolute Gasteiger partial charge is 0.497 e. The van der Waals surface area contributed by atoms with Crippen LogP contribution in [0.4, 0.5) is 5.13 Å². The number of amides is 2. The number of thiazole rings is 1. The van der Waals surface area contributed by atoms with Crippen molar-refractivity contribution < 1.29 is 14.3 Å². The number of carbonyl (C=O) groups excluding carboxylic acids is 2. The van der Waals surface area contributed by atoms with Gasteiger partial charge in [-0.25, -0.2) is 4.98 Å². The number of hydrogen-bond donors (Lipinski definition) is 2. The Labute approximate surface area is 161 Å². The third kappa shape index (κ3) is 5.15. The van der Waals surface area contributed by atoms with Gasteiger partial charge in [0.25, 0.3) is 11.8 Å². The number of rotatable bonds is 7. The maximum atomic E-state index is 12.2. The zero-order valence-corrected chi connectivity index (χ0v) is 15.6. The molecule has 0 saturated carbocycles. The van der Waals surface area contributed by atoms with Gasteiger partial charge in [-0.15, -0.1) is 11.3 Å². The lowest BCUT2D eigenvalue weighted by molar-refractivity contribution is 0.0948. The minimum Gasteiger partial charge on any atom is -0.497 e. The number of methoxy groups -OCH3 is 1. The molecular formula is C20H19N3O3S. The van der Waals surface area contributed by atoms with Gasteiger partial charge in [-0.3, -0.25) is 14.9 Å². The van der Waals surface area contributed by atoms with E-state index in [1.807, 2.05) is 30.3 Å². The average molecular weight is 381 g/mol. The van der Waals surface area contributed by atoms with E-state index in [-0.39, 0.29) is 17.5 Å². The van der Waals surface area contributed by atoms with E-state index in [9.17, 15) is 9.59 Å². The van der Waals surface area contributed by atoms with E-state index < -0.39 is 0 Å². The molecule has 27 heavy (non-hydrogen) atoms. The van der Waals surface area contributed by atoms with Crippen LogP contribution in [0, 0.1) is 0 Å². The number of aromatic nitrogens is 1. The predicted octanol–water partition coefficient (Wildman–Crippen LogP) is 3.38. The number of nitrogens with zero attached hydrogens (tertiary/aromatic N) is 1. The van der Waals surface area contributed by atoms with Gasteiger partial charge in [-0.05, 0) is 36.2 Å². The van der Waals surface area contributed by atoms with E-state index in [0.717, 1.165) is 11.3 Å². The highest BCUT2D eigenvalue weighted by molar-refractivity contribution is 7.14. The van der Waals surface area contributed by atoms with Crippen LogP contribution in [0.1, 0.15) is 26.4 Å². The molecule has 0 bridgehead atoms. The minimum atomic E-state index is -0.269. The topological polar surface area (TPSA) is 80.3 Å². The van der Waals surface area contributed by atoms with Crippen molar-refractivity contribution in [1.29, 1.82) is 0 Å². The summed E-state index contributed by atoms with van der Waals surface area (Å²) in [6.07, 6.45) is 0.685. The molecule has 0 aliphatic carbocycles. The molecule has 138 valence electrons. The first-order valence-corrected chi connectivity index (χ1v) is 9.27. The summed E-state index contributed by atoms with van der Waals surface area (Å²) in [6.45, 7) is 0.481. The van der Waals surface area contributed by atoms with Gasteiger partial charge in [0.1, 0.15) is 11.4 Å². The summed E-state index contributed by atoms with van der Waals surface area (Å²) in [4.78, 5) is 28.5. The van der Waals surface area contributed by atoms with Crippen LogP contribution in [-0.4, -0.2) is 30.5 Å². The molecule has 0 aliphatic rings. The molecule has 0 radical (unpaired) electrons. The van der Waals surface area contributed by atoms with Crippen LogP contribution in [0.15, 0.2) is 60.0 Å². The van der Waals surface area contributed by atoms with E-state index in [0.29, 0.717) is 23.7 Å². The summed E-state index contributed by atoms with van der Waals surface area (Å²) in [6, 6.07) is 16.6. The second kappa shape index (κ2) is 8.95. The molecule has 7 heteroatoms. The van der Waals surface area contributed by atoms with Crippen LogP contribution < -0.4 is 15.4 Å². The molecule has 1 heterocycles. The second-order valence-electron chi connectivity index (χ2n) is 5.72. The summed E-state index contributed by atoms with van der Waals surface area (Å²) in [5.41, 5.74) is 1.90. The highest BCUT2D eigenvalue weighted by Gasteiger charge is 2.13. The van der Waals surface area contributed by atoms with Crippen molar-refractivity contribution in [2.24, 2.45) is 0 Å². The molecular weight excluding hydrogens is 362 g/mol. The Morgan fingerprint density at radius 1 is 1.07 bits per heavy atom. The van der Waals surface area contributed by atoms with E-state index in [1.165, 1.54) is 11.3 Å². The summed E-state index contributed by atoms with van der Waals surface area (Å²) >= 11 is 1.22. The molecule has 2 amide bonds. The lowest BCUT2D eigenvalue weighted by atomic mass is 10.1. The van der Waals surface area contributed by atoms with Gasteiger partial charge >= 0.3 is 0 Å². The molecule has 1 aromatic heterocycles. The van der Waals surface area contributed by atoms with Crippen LogP contribution in [0.5, 0.6) is 5.75 Å². The summed E-state index contributed by atoms with van der Waals surface area (Å²) in [5.74, 6) is 0.265. The van der Waals surface area contributed by atoms with Crippen LogP contribution in [0.25, 0.3) is 0 Å². The van der Waals surface area contributed by atoms with E-state index in [4.69, 9.17) is 4.74 Å². The summed E-state index contributed by atoms with van der Waals surface area (Å²) < 4.78 is 5.19. The number of hydrogen-bond acceptors (Lipinski definition) is 5. The molecule has 0 fully saturated rings. The zero-order valence-electron chi connectivity index (χ0n) is 14.8.